The first-order chi connectivity index (χ1) is 5.08. The third-order valence-electron chi connectivity index (χ3n) is 1.29. The van der Waals surface area contributed by atoms with Crippen LogP contribution in [0.25, 0.3) is 0 Å². The molecular weight excluding hydrogens is 236 g/mol. The van der Waals surface area contributed by atoms with E-state index in [2.05, 4.69) is 21.2 Å². The van der Waals surface area contributed by atoms with Gasteiger partial charge < -0.3 is 5.32 Å². The highest BCUT2D eigenvalue weighted by Gasteiger charge is 2.29. The zero-order valence-corrected chi connectivity index (χ0v) is 7.98. The molecule has 1 N–H and O–H groups in total. The molecule has 0 radical (unpaired) electrons. The van der Waals surface area contributed by atoms with Gasteiger partial charge in [-0.3, -0.25) is 0 Å². The molecule has 1 saturated heterocycles. The van der Waals surface area contributed by atoms with Crippen LogP contribution in [0.2, 0.25) is 0 Å². The number of halogens is 1. The van der Waals surface area contributed by atoms with Crippen LogP contribution in [0.5, 0.6) is 0 Å². The number of alkyl halides is 1. The van der Waals surface area contributed by atoms with Crippen molar-refractivity contribution >= 4 is 32.0 Å². The molecule has 0 atom stereocenters. The summed E-state index contributed by atoms with van der Waals surface area (Å²) in [4.78, 5) is 10.8. The van der Waals surface area contributed by atoms with Crippen molar-refractivity contribution in [3.63, 3.8) is 0 Å². The van der Waals surface area contributed by atoms with Crippen molar-refractivity contribution in [2.45, 2.75) is 0 Å². The van der Waals surface area contributed by atoms with Gasteiger partial charge in [0.1, 0.15) is 4.66 Å². The third-order valence-corrected chi connectivity index (χ3v) is 4.32. The lowest BCUT2D eigenvalue weighted by atomic mass is 10.7. The molecule has 0 aliphatic carbocycles. The molecule has 5 nitrogen and oxygen atoms in total. The van der Waals surface area contributed by atoms with Crippen LogP contribution in [-0.4, -0.2) is 36.5 Å². The van der Waals surface area contributed by atoms with Gasteiger partial charge >= 0.3 is 6.03 Å². The highest BCUT2D eigenvalue weighted by atomic mass is 79.9. The van der Waals surface area contributed by atoms with Crippen LogP contribution in [0.1, 0.15) is 0 Å². The summed E-state index contributed by atoms with van der Waals surface area (Å²) < 4.78 is 22.7. The van der Waals surface area contributed by atoms with Crippen LogP contribution in [0.3, 0.4) is 0 Å². The number of sulfonamides is 1. The summed E-state index contributed by atoms with van der Waals surface area (Å²) in [6.45, 7) is 0.623. The van der Waals surface area contributed by atoms with Crippen LogP contribution in [0, 0.1) is 0 Å². The first kappa shape index (κ1) is 8.79. The number of amides is 2. The quantitative estimate of drug-likeness (QED) is 0.677. The van der Waals surface area contributed by atoms with E-state index in [0.717, 1.165) is 4.31 Å². The Morgan fingerprint density at radius 1 is 1.64 bits per heavy atom. The summed E-state index contributed by atoms with van der Waals surface area (Å²) in [6.07, 6.45) is 0. The van der Waals surface area contributed by atoms with E-state index in [1.165, 1.54) is 0 Å². The monoisotopic (exact) mass is 242 g/mol. The average Bonchev–Trinajstić information content (AvgIpc) is 2.36. The second-order valence-corrected chi connectivity index (χ2v) is 5.22. The minimum atomic E-state index is -3.41. The van der Waals surface area contributed by atoms with E-state index in [1.54, 1.807) is 0 Å². The van der Waals surface area contributed by atoms with Gasteiger partial charge in [0, 0.05) is 6.54 Å². The van der Waals surface area contributed by atoms with E-state index in [-0.39, 0.29) is 11.2 Å². The molecule has 64 valence electrons. The molecule has 1 fully saturated rings. The normalized spacial score (nSPS) is 18.6. The average molecular weight is 243 g/mol. The lowest BCUT2D eigenvalue weighted by Crippen LogP contribution is -2.34. The molecule has 1 aliphatic heterocycles. The lowest BCUT2D eigenvalue weighted by molar-refractivity contribution is 0.236. The maximum Gasteiger partial charge on any atom is 0.331 e. The van der Waals surface area contributed by atoms with Crippen molar-refractivity contribution in [3.05, 3.63) is 0 Å². The van der Waals surface area contributed by atoms with Gasteiger partial charge in [-0.15, -0.1) is 0 Å². The smallest absolute Gasteiger partial charge is 0.331 e. The minimum absolute atomic E-state index is 0.215. The fraction of sp³-hybridized carbons (Fsp3) is 0.750. The van der Waals surface area contributed by atoms with Crippen LogP contribution in [-0.2, 0) is 10.0 Å². The second kappa shape index (κ2) is 2.98. The van der Waals surface area contributed by atoms with E-state index in [9.17, 15) is 13.2 Å². The fourth-order valence-corrected chi connectivity index (χ4v) is 2.32. The van der Waals surface area contributed by atoms with E-state index >= 15 is 0 Å². The number of carbonyl (C=O) groups excluding carboxylic acids is 1. The van der Waals surface area contributed by atoms with Crippen molar-refractivity contribution in [2.75, 3.05) is 17.8 Å². The molecule has 7 heteroatoms. The number of rotatable bonds is 2. The van der Waals surface area contributed by atoms with Crippen LogP contribution in [0.4, 0.5) is 4.79 Å². The van der Waals surface area contributed by atoms with Crippen molar-refractivity contribution in [2.24, 2.45) is 0 Å². The SMILES string of the molecule is O=C1NCCN1S(=O)(=O)CBr. The molecule has 0 saturated carbocycles. The van der Waals surface area contributed by atoms with Gasteiger partial charge in [-0.05, 0) is 0 Å². The Kier molecular flexibility index (Phi) is 2.38. The lowest BCUT2D eigenvalue weighted by Gasteiger charge is -2.11. The molecule has 0 aromatic carbocycles. The molecule has 0 unspecified atom stereocenters. The number of hydrogen-bond donors (Lipinski definition) is 1. The molecule has 11 heavy (non-hydrogen) atoms. The number of nitrogens with zero attached hydrogens (tertiary/aromatic N) is 1. The maximum atomic E-state index is 11.0. The van der Waals surface area contributed by atoms with Crippen molar-refractivity contribution < 1.29 is 13.2 Å². The van der Waals surface area contributed by atoms with E-state index in [1.807, 2.05) is 0 Å². The number of carbonyl (C=O) groups is 1. The molecule has 0 bridgehead atoms. The Morgan fingerprint density at radius 2 is 2.27 bits per heavy atom. The largest absolute Gasteiger partial charge is 0.335 e. The topological polar surface area (TPSA) is 66.5 Å². The van der Waals surface area contributed by atoms with Crippen LogP contribution in [0.15, 0.2) is 0 Å². The second-order valence-electron chi connectivity index (χ2n) is 2.03. The Balaban J connectivity index is 2.83. The number of urea groups is 1. The summed E-state index contributed by atoms with van der Waals surface area (Å²) in [5.74, 6) is 0. The van der Waals surface area contributed by atoms with Gasteiger partial charge in [0.2, 0.25) is 10.0 Å². The van der Waals surface area contributed by atoms with Gasteiger partial charge in [-0.2, -0.15) is 0 Å². The molecule has 0 aromatic rings. The predicted molar refractivity (Wildman–Crippen MR) is 42.8 cm³/mol. The minimum Gasteiger partial charge on any atom is -0.335 e. The first-order valence-corrected chi connectivity index (χ1v) is 5.65. The molecule has 1 aliphatic rings. The standard InChI is InChI=1S/C4H7BrN2O3S/c5-3-11(9,10)7-2-1-6-4(7)8/h1-3H2,(H,6,8). The molecule has 1 heterocycles. The van der Waals surface area contributed by atoms with Gasteiger partial charge in [0.05, 0.1) is 6.54 Å². The van der Waals surface area contributed by atoms with Gasteiger partial charge in [0.15, 0.2) is 0 Å². The highest BCUT2D eigenvalue weighted by molar-refractivity contribution is 9.10. The highest BCUT2D eigenvalue weighted by Crippen LogP contribution is 2.07. The van der Waals surface area contributed by atoms with Crippen LogP contribution >= 0.6 is 15.9 Å². The van der Waals surface area contributed by atoms with Crippen molar-refractivity contribution in [3.8, 4) is 0 Å². The summed E-state index contributed by atoms with van der Waals surface area (Å²) in [7, 11) is -3.41. The summed E-state index contributed by atoms with van der Waals surface area (Å²) in [5.41, 5.74) is 0. The van der Waals surface area contributed by atoms with Crippen molar-refractivity contribution in [1.29, 1.82) is 0 Å². The maximum absolute atomic E-state index is 11.0. The number of hydrogen-bond acceptors (Lipinski definition) is 3. The van der Waals surface area contributed by atoms with E-state index in [0.29, 0.717) is 6.54 Å². The summed E-state index contributed by atoms with van der Waals surface area (Å²) in [5, 5.41) is 2.40. The zero-order valence-electron chi connectivity index (χ0n) is 5.58. The third kappa shape index (κ3) is 1.64. The Bertz CT molecular complexity index is 263. The molecule has 2 amide bonds. The Hall–Kier alpha value is -0.300. The predicted octanol–water partition coefficient (Wildman–Crippen LogP) is -0.306. The van der Waals surface area contributed by atoms with Crippen molar-refractivity contribution in [1.82, 2.24) is 9.62 Å². The zero-order chi connectivity index (χ0) is 8.48. The Morgan fingerprint density at radius 3 is 2.64 bits per heavy atom. The molecule has 0 spiro atoms. The van der Waals surface area contributed by atoms with E-state index in [4.69, 9.17) is 0 Å². The summed E-state index contributed by atoms with van der Waals surface area (Å²) >= 11 is 2.80. The molecule has 0 aromatic heterocycles. The van der Waals surface area contributed by atoms with Gasteiger partial charge in [-0.25, -0.2) is 17.5 Å². The summed E-state index contributed by atoms with van der Waals surface area (Å²) in [6, 6.07) is -0.538. The molecular formula is C4H7BrN2O3S. The van der Waals surface area contributed by atoms with Gasteiger partial charge in [-0.1, -0.05) is 15.9 Å². The molecule has 1 rings (SSSR count). The van der Waals surface area contributed by atoms with Gasteiger partial charge in [0.25, 0.3) is 0 Å². The first-order valence-electron chi connectivity index (χ1n) is 2.92. The van der Waals surface area contributed by atoms with E-state index < -0.39 is 16.1 Å². The number of nitrogens with one attached hydrogen (secondary N) is 1. The Labute approximate surface area is 72.9 Å². The fourth-order valence-electron chi connectivity index (χ4n) is 0.778. The van der Waals surface area contributed by atoms with Crippen LogP contribution < -0.4 is 5.32 Å².